The molecule has 138 valence electrons. The zero-order valence-corrected chi connectivity index (χ0v) is 15.7. The molecule has 0 bridgehead atoms. The highest BCUT2D eigenvalue weighted by atomic mass is 16.5. The van der Waals surface area contributed by atoms with E-state index in [1.165, 1.54) is 23.1 Å². The molecular weight excluding hydrogens is 322 g/mol. The fraction of sp³-hybridized carbons (Fsp3) is 0.409. The van der Waals surface area contributed by atoms with E-state index in [4.69, 9.17) is 9.73 Å². The fourth-order valence-corrected chi connectivity index (χ4v) is 2.79. The van der Waals surface area contributed by atoms with Crippen molar-refractivity contribution < 1.29 is 4.74 Å². The van der Waals surface area contributed by atoms with Crippen LogP contribution in [0.25, 0.3) is 0 Å². The van der Waals surface area contributed by atoms with Crippen LogP contribution < -0.4 is 10.6 Å². The summed E-state index contributed by atoms with van der Waals surface area (Å²) < 4.78 is 5.79. The molecule has 26 heavy (non-hydrogen) atoms. The highest BCUT2D eigenvalue weighted by molar-refractivity contribution is 5.80. The molecule has 3 rings (SSSR count). The Bertz CT molecular complexity index is 697. The Labute approximate surface area is 156 Å². The molecule has 4 heteroatoms. The molecule has 0 heterocycles. The summed E-state index contributed by atoms with van der Waals surface area (Å²) in [6.45, 7) is 7.19. The van der Waals surface area contributed by atoms with Crippen LogP contribution in [0.5, 0.6) is 0 Å². The molecule has 4 nitrogen and oxygen atoms in total. The van der Waals surface area contributed by atoms with Crippen molar-refractivity contribution in [3.05, 3.63) is 71.3 Å². The molecule has 0 spiro atoms. The van der Waals surface area contributed by atoms with Crippen LogP contribution in [0.1, 0.15) is 37.0 Å². The van der Waals surface area contributed by atoms with Gasteiger partial charge in [-0.25, -0.2) is 4.99 Å². The Morgan fingerprint density at radius 3 is 2.23 bits per heavy atom. The molecule has 1 aliphatic carbocycles. The Balaban J connectivity index is 1.46. The monoisotopic (exact) mass is 351 g/mol. The lowest BCUT2D eigenvalue weighted by molar-refractivity contribution is 0.107. The number of hydrogen-bond donors (Lipinski definition) is 2. The van der Waals surface area contributed by atoms with Crippen LogP contribution in [-0.4, -0.2) is 18.5 Å². The van der Waals surface area contributed by atoms with Gasteiger partial charge in [0, 0.05) is 12.6 Å². The number of hydrogen-bond acceptors (Lipinski definition) is 2. The van der Waals surface area contributed by atoms with Gasteiger partial charge in [0.15, 0.2) is 5.96 Å². The Hall–Kier alpha value is -2.33. The molecule has 2 unspecified atom stereocenters. The van der Waals surface area contributed by atoms with Gasteiger partial charge in [-0.1, -0.05) is 61.5 Å². The van der Waals surface area contributed by atoms with Crippen molar-refractivity contribution in [2.45, 2.75) is 46.1 Å². The molecule has 0 aromatic heterocycles. The lowest BCUT2D eigenvalue weighted by Crippen LogP contribution is -2.39. The van der Waals surface area contributed by atoms with Crippen molar-refractivity contribution in [2.24, 2.45) is 10.9 Å². The third-order valence-corrected chi connectivity index (χ3v) is 4.60. The van der Waals surface area contributed by atoms with Crippen LogP contribution in [-0.2, 0) is 24.5 Å². The van der Waals surface area contributed by atoms with Gasteiger partial charge in [-0.2, -0.15) is 0 Å². The summed E-state index contributed by atoms with van der Waals surface area (Å²) in [4.78, 5) is 4.69. The van der Waals surface area contributed by atoms with E-state index in [1.807, 2.05) is 18.2 Å². The summed E-state index contributed by atoms with van der Waals surface area (Å²) >= 11 is 0. The maximum atomic E-state index is 5.79. The smallest absolute Gasteiger partial charge is 0.191 e. The third kappa shape index (κ3) is 5.88. The van der Waals surface area contributed by atoms with Crippen molar-refractivity contribution in [3.63, 3.8) is 0 Å². The van der Waals surface area contributed by atoms with Crippen LogP contribution in [0.3, 0.4) is 0 Å². The van der Waals surface area contributed by atoms with Gasteiger partial charge < -0.3 is 15.4 Å². The second kappa shape index (κ2) is 9.39. The maximum absolute atomic E-state index is 5.79. The van der Waals surface area contributed by atoms with E-state index in [1.54, 1.807) is 0 Å². The van der Waals surface area contributed by atoms with E-state index in [2.05, 4.69) is 60.9 Å². The van der Waals surface area contributed by atoms with Gasteiger partial charge in [0.1, 0.15) is 0 Å². The Morgan fingerprint density at radius 1 is 1.00 bits per heavy atom. The highest BCUT2D eigenvalue weighted by Gasteiger charge is 2.33. The average molecular weight is 351 g/mol. The highest BCUT2D eigenvalue weighted by Crippen LogP contribution is 2.28. The van der Waals surface area contributed by atoms with Crippen molar-refractivity contribution in [3.8, 4) is 0 Å². The first-order valence-corrected chi connectivity index (χ1v) is 9.49. The standard InChI is InChI=1S/C22H29N3O/c1-3-23-22(25-21-13-17(21)2)24-14-18-9-11-20(12-10-18)16-26-15-19-7-5-4-6-8-19/h4-12,17,21H,3,13-16H2,1-2H3,(H2,23,24,25). The summed E-state index contributed by atoms with van der Waals surface area (Å²) in [7, 11) is 0. The molecule has 1 fully saturated rings. The molecule has 0 aliphatic heterocycles. The molecule has 2 atom stereocenters. The SMILES string of the molecule is CCNC(=NCc1ccc(COCc2ccccc2)cc1)NC1CC1C. The molecule has 2 N–H and O–H groups in total. The minimum Gasteiger partial charge on any atom is -0.372 e. The lowest BCUT2D eigenvalue weighted by atomic mass is 10.1. The van der Waals surface area contributed by atoms with Gasteiger partial charge in [-0.3, -0.25) is 0 Å². The Morgan fingerprint density at radius 2 is 1.62 bits per heavy atom. The van der Waals surface area contributed by atoms with E-state index < -0.39 is 0 Å². The van der Waals surface area contributed by atoms with Gasteiger partial charge >= 0.3 is 0 Å². The van der Waals surface area contributed by atoms with Crippen LogP contribution in [0.2, 0.25) is 0 Å². The van der Waals surface area contributed by atoms with Gasteiger partial charge in [-0.15, -0.1) is 0 Å². The summed E-state index contributed by atoms with van der Waals surface area (Å²) in [5, 5.41) is 6.80. The Kier molecular flexibility index (Phi) is 6.67. The van der Waals surface area contributed by atoms with Crippen LogP contribution in [0.4, 0.5) is 0 Å². The summed E-state index contributed by atoms with van der Waals surface area (Å²) in [5.41, 5.74) is 3.59. The zero-order valence-electron chi connectivity index (χ0n) is 15.7. The molecule has 2 aromatic carbocycles. The van der Waals surface area contributed by atoms with E-state index in [9.17, 15) is 0 Å². The van der Waals surface area contributed by atoms with Crippen molar-refractivity contribution >= 4 is 5.96 Å². The minimum absolute atomic E-state index is 0.580. The first-order valence-electron chi connectivity index (χ1n) is 9.49. The molecule has 2 aromatic rings. The van der Waals surface area contributed by atoms with E-state index in [0.29, 0.717) is 25.8 Å². The van der Waals surface area contributed by atoms with Crippen molar-refractivity contribution in [1.29, 1.82) is 0 Å². The maximum Gasteiger partial charge on any atom is 0.191 e. The third-order valence-electron chi connectivity index (χ3n) is 4.60. The topological polar surface area (TPSA) is 45.7 Å². The molecule has 1 saturated carbocycles. The number of guanidine groups is 1. The van der Waals surface area contributed by atoms with Gasteiger partial charge in [0.05, 0.1) is 19.8 Å². The molecule has 1 aliphatic rings. The largest absolute Gasteiger partial charge is 0.372 e. The average Bonchev–Trinajstić information content (AvgIpc) is 3.36. The molecular formula is C22H29N3O. The lowest BCUT2D eigenvalue weighted by Gasteiger charge is -2.11. The van der Waals surface area contributed by atoms with Gasteiger partial charge in [0.2, 0.25) is 0 Å². The minimum atomic E-state index is 0.580. The van der Waals surface area contributed by atoms with E-state index in [0.717, 1.165) is 18.4 Å². The molecule has 0 radical (unpaired) electrons. The fourth-order valence-electron chi connectivity index (χ4n) is 2.79. The number of benzene rings is 2. The second-order valence-electron chi connectivity index (χ2n) is 6.95. The van der Waals surface area contributed by atoms with Gasteiger partial charge in [0.25, 0.3) is 0 Å². The van der Waals surface area contributed by atoms with Crippen LogP contribution in [0, 0.1) is 5.92 Å². The number of aliphatic imine (C=N–C) groups is 1. The first kappa shape index (κ1) is 18.5. The van der Waals surface area contributed by atoms with Crippen molar-refractivity contribution in [1.82, 2.24) is 10.6 Å². The number of nitrogens with zero attached hydrogens (tertiary/aromatic N) is 1. The predicted octanol–water partition coefficient (Wildman–Crippen LogP) is 3.87. The van der Waals surface area contributed by atoms with Crippen LogP contribution >= 0.6 is 0 Å². The zero-order chi connectivity index (χ0) is 18.2. The number of ether oxygens (including phenoxy) is 1. The predicted molar refractivity (Wildman–Crippen MR) is 107 cm³/mol. The van der Waals surface area contributed by atoms with Gasteiger partial charge in [-0.05, 0) is 36.0 Å². The summed E-state index contributed by atoms with van der Waals surface area (Å²) in [5.74, 6) is 1.67. The summed E-state index contributed by atoms with van der Waals surface area (Å²) in [6.07, 6.45) is 1.24. The molecule has 0 amide bonds. The van der Waals surface area contributed by atoms with Crippen molar-refractivity contribution in [2.75, 3.05) is 6.54 Å². The van der Waals surface area contributed by atoms with Crippen LogP contribution in [0.15, 0.2) is 59.6 Å². The second-order valence-corrected chi connectivity index (χ2v) is 6.95. The summed E-state index contributed by atoms with van der Waals surface area (Å²) in [6, 6.07) is 19.4. The normalized spacial score (nSPS) is 19.2. The molecule has 0 saturated heterocycles. The number of rotatable bonds is 8. The quantitative estimate of drug-likeness (QED) is 0.561. The number of nitrogens with one attached hydrogen (secondary N) is 2. The van der Waals surface area contributed by atoms with E-state index in [-0.39, 0.29) is 0 Å². The van der Waals surface area contributed by atoms with E-state index >= 15 is 0 Å². The first-order chi connectivity index (χ1) is 12.7.